The van der Waals surface area contributed by atoms with Crippen molar-refractivity contribution in [1.82, 2.24) is 19.8 Å². The average Bonchev–Trinajstić information content (AvgIpc) is 3.35. The van der Waals surface area contributed by atoms with E-state index in [4.69, 9.17) is 9.41 Å². The molecule has 0 radical (unpaired) electrons. The molecule has 2 heterocycles. The summed E-state index contributed by atoms with van der Waals surface area (Å²) in [7, 11) is -3.14. The van der Waals surface area contributed by atoms with Gasteiger partial charge in [0.05, 0.1) is 25.1 Å². The lowest BCUT2D eigenvalue weighted by Gasteiger charge is -2.24. The lowest BCUT2D eigenvalue weighted by molar-refractivity contribution is 0.221. The Morgan fingerprint density at radius 2 is 2.03 bits per heavy atom. The lowest BCUT2D eigenvalue weighted by atomic mass is 10.2. The molecule has 1 aromatic heterocycles. The monoisotopic (exact) mass is 541 g/mol. The summed E-state index contributed by atoms with van der Waals surface area (Å²) in [6.45, 7) is 9.08. The summed E-state index contributed by atoms with van der Waals surface area (Å²) in [6, 6.07) is 4.09. The maximum Gasteiger partial charge on any atom is 0.211 e. The van der Waals surface area contributed by atoms with Crippen LogP contribution < -0.4 is 10.6 Å². The van der Waals surface area contributed by atoms with Crippen LogP contribution in [0, 0.1) is 0 Å². The van der Waals surface area contributed by atoms with E-state index in [-0.39, 0.29) is 30.0 Å². The van der Waals surface area contributed by atoms with Crippen LogP contribution >= 0.6 is 24.0 Å². The number of nitrogens with one attached hydrogen (secondary N) is 2. The number of likely N-dealkylation sites (tertiary alicyclic amines) is 1. The van der Waals surface area contributed by atoms with Crippen LogP contribution in [0.5, 0.6) is 0 Å². The van der Waals surface area contributed by atoms with Gasteiger partial charge in [0.15, 0.2) is 5.96 Å². The number of guanidine groups is 1. The molecule has 29 heavy (non-hydrogen) atoms. The van der Waals surface area contributed by atoms with E-state index in [1.54, 1.807) is 6.26 Å². The second-order valence-electron chi connectivity index (χ2n) is 7.03. The molecule has 0 amide bonds. The van der Waals surface area contributed by atoms with Gasteiger partial charge in [-0.05, 0) is 51.4 Å². The molecule has 1 unspecified atom stereocenters. The molecule has 8 nitrogen and oxygen atoms in total. The molecule has 1 atom stereocenters. The van der Waals surface area contributed by atoms with Crippen LogP contribution in [-0.2, 0) is 10.0 Å². The fourth-order valence-corrected chi connectivity index (χ4v) is 4.39. The Morgan fingerprint density at radius 1 is 1.31 bits per heavy atom. The summed E-state index contributed by atoms with van der Waals surface area (Å²) in [4.78, 5) is 7.19. The van der Waals surface area contributed by atoms with E-state index >= 15 is 0 Å². The summed E-state index contributed by atoms with van der Waals surface area (Å²) in [5, 5.41) is 6.58. The normalized spacial score (nSPS) is 16.6. The zero-order valence-corrected chi connectivity index (χ0v) is 20.9. The highest BCUT2D eigenvalue weighted by atomic mass is 127. The minimum absolute atomic E-state index is 0. The summed E-state index contributed by atoms with van der Waals surface area (Å²) in [5.41, 5.74) is 0. The minimum atomic E-state index is -3.14. The van der Waals surface area contributed by atoms with Crippen LogP contribution in [0.15, 0.2) is 27.8 Å². The van der Waals surface area contributed by atoms with Gasteiger partial charge in [-0.1, -0.05) is 6.92 Å². The first-order valence-electron chi connectivity index (χ1n) is 10.2. The van der Waals surface area contributed by atoms with Crippen LogP contribution in [-0.4, -0.2) is 75.7 Å². The van der Waals surface area contributed by atoms with Gasteiger partial charge in [-0.3, -0.25) is 9.89 Å². The molecular formula is C19H36IN5O3S. The number of furan rings is 1. The summed E-state index contributed by atoms with van der Waals surface area (Å²) >= 11 is 0. The summed E-state index contributed by atoms with van der Waals surface area (Å²) in [5.74, 6) is 1.70. The Labute approximate surface area is 192 Å². The van der Waals surface area contributed by atoms with E-state index in [9.17, 15) is 8.42 Å². The third-order valence-corrected chi connectivity index (χ3v) is 6.30. The van der Waals surface area contributed by atoms with Crippen LogP contribution in [0.25, 0.3) is 0 Å². The number of halogens is 1. The zero-order valence-electron chi connectivity index (χ0n) is 17.8. The number of hydrogen-bond donors (Lipinski definition) is 2. The van der Waals surface area contributed by atoms with Gasteiger partial charge in [0.1, 0.15) is 5.76 Å². The molecular weight excluding hydrogens is 505 g/mol. The van der Waals surface area contributed by atoms with Crippen molar-refractivity contribution in [3.05, 3.63) is 24.2 Å². The largest absolute Gasteiger partial charge is 0.468 e. The maximum atomic E-state index is 11.7. The van der Waals surface area contributed by atoms with Crippen LogP contribution in [0.2, 0.25) is 0 Å². The molecule has 0 bridgehead atoms. The SMILES string of the molecule is CCNC(=NCC(c1ccco1)N1CCCC1)NCCCN(CC)S(C)(=O)=O.I. The highest BCUT2D eigenvalue weighted by Crippen LogP contribution is 2.25. The average molecular weight is 542 g/mol. The van der Waals surface area contributed by atoms with E-state index in [0.717, 1.165) is 37.8 Å². The molecule has 1 saturated heterocycles. The Kier molecular flexibility index (Phi) is 12.1. The maximum absolute atomic E-state index is 11.7. The van der Waals surface area contributed by atoms with E-state index in [1.807, 2.05) is 26.0 Å². The van der Waals surface area contributed by atoms with Crippen molar-refractivity contribution in [2.24, 2.45) is 4.99 Å². The lowest BCUT2D eigenvalue weighted by Crippen LogP contribution is -2.40. The number of rotatable bonds is 11. The molecule has 1 fully saturated rings. The second-order valence-corrected chi connectivity index (χ2v) is 9.01. The third-order valence-electron chi connectivity index (χ3n) is 4.92. The molecule has 1 aliphatic rings. The molecule has 0 aromatic carbocycles. The quantitative estimate of drug-likeness (QED) is 0.193. The molecule has 2 N–H and O–H groups in total. The van der Waals surface area contributed by atoms with Crippen LogP contribution in [0.3, 0.4) is 0 Å². The highest BCUT2D eigenvalue weighted by molar-refractivity contribution is 14.0. The third kappa shape index (κ3) is 8.81. The van der Waals surface area contributed by atoms with Gasteiger partial charge in [-0.25, -0.2) is 12.7 Å². The van der Waals surface area contributed by atoms with Crippen molar-refractivity contribution >= 4 is 40.0 Å². The first kappa shape index (κ1) is 26.2. The van der Waals surface area contributed by atoms with Crippen molar-refractivity contribution in [2.45, 2.75) is 39.2 Å². The summed E-state index contributed by atoms with van der Waals surface area (Å²) in [6.07, 6.45) is 6.12. The van der Waals surface area contributed by atoms with Gasteiger partial charge in [-0.2, -0.15) is 0 Å². The molecule has 2 rings (SSSR count). The first-order valence-corrected chi connectivity index (χ1v) is 12.0. The second kappa shape index (κ2) is 13.5. The molecule has 10 heteroatoms. The number of aliphatic imine (C=N–C) groups is 1. The van der Waals surface area contributed by atoms with Crippen LogP contribution in [0.4, 0.5) is 0 Å². The van der Waals surface area contributed by atoms with Crippen LogP contribution in [0.1, 0.15) is 44.9 Å². The number of nitrogens with zero attached hydrogens (tertiary/aromatic N) is 3. The first-order chi connectivity index (χ1) is 13.5. The van der Waals surface area contributed by atoms with Gasteiger partial charge >= 0.3 is 0 Å². The van der Waals surface area contributed by atoms with Gasteiger partial charge in [0, 0.05) is 26.2 Å². The van der Waals surface area contributed by atoms with E-state index in [0.29, 0.717) is 26.2 Å². The van der Waals surface area contributed by atoms with Crippen molar-refractivity contribution in [2.75, 3.05) is 52.1 Å². The van der Waals surface area contributed by atoms with Crippen molar-refractivity contribution < 1.29 is 12.8 Å². The van der Waals surface area contributed by atoms with Gasteiger partial charge < -0.3 is 15.1 Å². The molecule has 1 aliphatic heterocycles. The Morgan fingerprint density at radius 3 is 2.59 bits per heavy atom. The predicted molar refractivity (Wildman–Crippen MR) is 128 cm³/mol. The molecule has 168 valence electrons. The fourth-order valence-electron chi connectivity index (χ4n) is 3.46. The molecule has 1 aromatic rings. The molecule has 0 aliphatic carbocycles. The van der Waals surface area contributed by atoms with E-state index in [1.165, 1.54) is 23.4 Å². The van der Waals surface area contributed by atoms with E-state index < -0.39 is 10.0 Å². The Hall–Kier alpha value is -0.850. The van der Waals surface area contributed by atoms with Crippen molar-refractivity contribution in [3.8, 4) is 0 Å². The van der Waals surface area contributed by atoms with Crippen molar-refractivity contribution in [3.63, 3.8) is 0 Å². The Balaban J connectivity index is 0.00000420. The standard InChI is InChI=1S/C19H35N5O3S.HI/c1-4-20-19(21-11-9-14-24(5-2)28(3,25)26)22-16-17(18-10-8-15-27-18)23-12-6-7-13-23;/h8,10,15,17H,4-7,9,11-14,16H2,1-3H3,(H2,20,21,22);1H. The molecule has 0 spiro atoms. The van der Waals surface area contributed by atoms with Gasteiger partial charge in [0.25, 0.3) is 0 Å². The topological polar surface area (TPSA) is 90.2 Å². The summed E-state index contributed by atoms with van der Waals surface area (Å²) < 4.78 is 30.5. The number of sulfonamides is 1. The highest BCUT2D eigenvalue weighted by Gasteiger charge is 2.25. The van der Waals surface area contributed by atoms with E-state index in [2.05, 4.69) is 15.5 Å². The Bertz CT molecular complexity index is 691. The van der Waals surface area contributed by atoms with Gasteiger partial charge in [0.2, 0.25) is 10.0 Å². The zero-order chi connectivity index (χ0) is 20.4. The smallest absolute Gasteiger partial charge is 0.211 e. The molecule has 0 saturated carbocycles. The van der Waals surface area contributed by atoms with Gasteiger partial charge in [-0.15, -0.1) is 24.0 Å². The van der Waals surface area contributed by atoms with Crippen molar-refractivity contribution in [1.29, 1.82) is 0 Å². The fraction of sp³-hybridized carbons (Fsp3) is 0.737. The predicted octanol–water partition coefficient (Wildman–Crippen LogP) is 2.26. The number of hydrogen-bond acceptors (Lipinski definition) is 5. The minimum Gasteiger partial charge on any atom is -0.468 e.